The Morgan fingerprint density at radius 3 is 2.79 bits per heavy atom. The largest absolute Gasteiger partial charge is 0.486 e. The number of nitrogens with zero attached hydrogens (tertiary/aromatic N) is 1. The monoisotopic (exact) mass is 412 g/mol. The van der Waals surface area contributed by atoms with Crippen molar-refractivity contribution in [1.82, 2.24) is 0 Å². The van der Waals surface area contributed by atoms with Crippen LogP contribution in [0.15, 0.2) is 52.9 Å². The van der Waals surface area contributed by atoms with Gasteiger partial charge in [0, 0.05) is 11.1 Å². The fraction of sp³-hybridized carbons (Fsp3) is 0.190. The maximum absolute atomic E-state index is 12.4. The summed E-state index contributed by atoms with van der Waals surface area (Å²) in [5.41, 5.74) is 2.42. The van der Waals surface area contributed by atoms with E-state index in [1.165, 1.54) is 41.8 Å². The molecule has 3 aromatic rings. The van der Waals surface area contributed by atoms with E-state index in [-0.39, 0.29) is 28.8 Å². The standard InChI is InChI=1S/C21H17ClN2O5/c22-15-5-8-18(19(11-15)24(26)27)23-21(25)20-9-7-17(29-20)12-28-16-6-4-13-2-1-3-14(13)10-16/h4-11H,1-3,12H2,(H,23,25). The molecule has 1 amide bonds. The van der Waals surface area contributed by atoms with Crippen LogP contribution >= 0.6 is 11.6 Å². The highest BCUT2D eigenvalue weighted by Gasteiger charge is 2.19. The summed E-state index contributed by atoms with van der Waals surface area (Å²) in [6.07, 6.45) is 3.34. The molecule has 1 N–H and O–H groups in total. The second-order valence-corrected chi connectivity index (χ2v) is 7.15. The highest BCUT2D eigenvalue weighted by atomic mass is 35.5. The van der Waals surface area contributed by atoms with E-state index in [1.807, 2.05) is 12.1 Å². The second kappa shape index (κ2) is 7.97. The molecule has 4 rings (SSSR count). The summed E-state index contributed by atoms with van der Waals surface area (Å²) < 4.78 is 11.3. The number of benzene rings is 2. The topological polar surface area (TPSA) is 94.6 Å². The fourth-order valence-corrected chi connectivity index (χ4v) is 3.48. The van der Waals surface area contributed by atoms with Gasteiger partial charge < -0.3 is 14.5 Å². The Labute approximate surface area is 171 Å². The molecular weight excluding hydrogens is 396 g/mol. The lowest BCUT2D eigenvalue weighted by Gasteiger charge is -2.07. The Kier molecular flexibility index (Phi) is 5.22. The molecular formula is C21H17ClN2O5. The number of furan rings is 1. The van der Waals surface area contributed by atoms with Gasteiger partial charge in [0.25, 0.3) is 11.6 Å². The van der Waals surface area contributed by atoms with E-state index in [4.69, 9.17) is 20.8 Å². The van der Waals surface area contributed by atoms with E-state index in [0.29, 0.717) is 5.76 Å². The summed E-state index contributed by atoms with van der Waals surface area (Å²) in [7, 11) is 0. The van der Waals surface area contributed by atoms with Gasteiger partial charge in [-0.25, -0.2) is 0 Å². The second-order valence-electron chi connectivity index (χ2n) is 6.71. The number of ether oxygens (including phenoxy) is 1. The highest BCUT2D eigenvalue weighted by molar-refractivity contribution is 6.31. The van der Waals surface area contributed by atoms with Crippen molar-refractivity contribution in [2.45, 2.75) is 25.9 Å². The van der Waals surface area contributed by atoms with Gasteiger partial charge in [0.15, 0.2) is 5.76 Å². The van der Waals surface area contributed by atoms with Crippen molar-refractivity contribution >= 4 is 28.9 Å². The van der Waals surface area contributed by atoms with Crippen molar-refractivity contribution in [3.8, 4) is 5.75 Å². The molecule has 1 aliphatic carbocycles. The van der Waals surface area contributed by atoms with E-state index in [2.05, 4.69) is 11.4 Å². The van der Waals surface area contributed by atoms with Crippen molar-refractivity contribution in [3.05, 3.63) is 86.3 Å². The number of hydrogen-bond acceptors (Lipinski definition) is 5. The lowest BCUT2D eigenvalue weighted by molar-refractivity contribution is -0.383. The van der Waals surface area contributed by atoms with E-state index in [1.54, 1.807) is 6.07 Å². The van der Waals surface area contributed by atoms with Crippen LogP contribution in [0.3, 0.4) is 0 Å². The van der Waals surface area contributed by atoms with E-state index in [0.717, 1.165) is 18.6 Å². The van der Waals surface area contributed by atoms with E-state index >= 15 is 0 Å². The molecule has 29 heavy (non-hydrogen) atoms. The maximum atomic E-state index is 12.4. The van der Waals surface area contributed by atoms with Crippen molar-refractivity contribution < 1.29 is 18.9 Å². The van der Waals surface area contributed by atoms with Crippen LogP contribution in [0.4, 0.5) is 11.4 Å². The lowest BCUT2D eigenvalue weighted by atomic mass is 10.1. The Morgan fingerprint density at radius 2 is 1.97 bits per heavy atom. The summed E-state index contributed by atoms with van der Waals surface area (Å²) in [6.45, 7) is 0.174. The minimum Gasteiger partial charge on any atom is -0.486 e. The molecule has 1 heterocycles. The molecule has 0 unspecified atom stereocenters. The maximum Gasteiger partial charge on any atom is 0.294 e. The first-order chi connectivity index (χ1) is 14.0. The minimum atomic E-state index is -0.612. The molecule has 148 valence electrons. The van der Waals surface area contributed by atoms with Crippen molar-refractivity contribution in [2.24, 2.45) is 0 Å². The van der Waals surface area contributed by atoms with Gasteiger partial charge in [-0.1, -0.05) is 17.7 Å². The number of carbonyl (C=O) groups is 1. The summed E-state index contributed by atoms with van der Waals surface area (Å²) in [6, 6.07) is 13.2. The van der Waals surface area contributed by atoms with Gasteiger partial charge in [-0.15, -0.1) is 0 Å². The number of nitro benzene ring substituents is 1. The van der Waals surface area contributed by atoms with Crippen LogP contribution in [-0.4, -0.2) is 10.8 Å². The zero-order valence-corrected chi connectivity index (χ0v) is 16.1. The predicted octanol–water partition coefficient (Wildman–Crippen LogP) is 5.16. The number of hydrogen-bond donors (Lipinski definition) is 1. The Balaban J connectivity index is 1.41. The van der Waals surface area contributed by atoms with Gasteiger partial charge in [-0.2, -0.15) is 0 Å². The van der Waals surface area contributed by atoms with Gasteiger partial charge >= 0.3 is 0 Å². The molecule has 1 aromatic heterocycles. The number of nitro groups is 1. The van der Waals surface area contributed by atoms with Gasteiger partial charge in [0.05, 0.1) is 4.92 Å². The van der Waals surface area contributed by atoms with E-state index < -0.39 is 10.8 Å². The third kappa shape index (κ3) is 4.25. The fourth-order valence-electron chi connectivity index (χ4n) is 3.32. The van der Waals surface area contributed by atoms with Crippen LogP contribution in [0, 0.1) is 10.1 Å². The molecule has 0 saturated heterocycles. The summed E-state index contributed by atoms with van der Waals surface area (Å²) in [5, 5.41) is 13.8. The van der Waals surface area contributed by atoms with Gasteiger partial charge in [0.2, 0.25) is 0 Å². The van der Waals surface area contributed by atoms with Crippen LogP contribution in [-0.2, 0) is 19.4 Å². The van der Waals surface area contributed by atoms with Crippen LogP contribution in [0.1, 0.15) is 33.9 Å². The number of rotatable bonds is 6. The SMILES string of the molecule is O=C(Nc1ccc(Cl)cc1[N+](=O)[O-])c1ccc(COc2ccc3c(c2)CCC3)o1. The molecule has 0 spiro atoms. The normalized spacial score (nSPS) is 12.4. The molecule has 8 heteroatoms. The molecule has 2 aromatic carbocycles. The predicted molar refractivity (Wildman–Crippen MR) is 108 cm³/mol. The van der Waals surface area contributed by atoms with Crippen LogP contribution in [0.2, 0.25) is 5.02 Å². The third-order valence-electron chi connectivity index (χ3n) is 4.74. The number of nitrogens with one attached hydrogen (secondary N) is 1. The average Bonchev–Trinajstić information content (AvgIpc) is 3.36. The Hall–Kier alpha value is -3.32. The lowest BCUT2D eigenvalue weighted by Crippen LogP contribution is -2.12. The molecule has 0 radical (unpaired) electrons. The zero-order chi connectivity index (χ0) is 20.4. The molecule has 0 aliphatic heterocycles. The summed E-state index contributed by atoms with van der Waals surface area (Å²) in [5.74, 6) is 0.659. The number of carbonyl (C=O) groups excluding carboxylic acids is 1. The number of halogens is 1. The smallest absolute Gasteiger partial charge is 0.294 e. The van der Waals surface area contributed by atoms with Gasteiger partial charge in [0.1, 0.15) is 23.8 Å². The van der Waals surface area contributed by atoms with Crippen LogP contribution < -0.4 is 10.1 Å². The van der Waals surface area contributed by atoms with E-state index in [9.17, 15) is 14.9 Å². The van der Waals surface area contributed by atoms with Crippen molar-refractivity contribution in [2.75, 3.05) is 5.32 Å². The molecule has 0 fully saturated rings. The minimum absolute atomic E-state index is 0.0294. The zero-order valence-electron chi connectivity index (χ0n) is 15.3. The van der Waals surface area contributed by atoms with Crippen LogP contribution in [0.5, 0.6) is 5.75 Å². The molecule has 0 atom stereocenters. The summed E-state index contributed by atoms with van der Waals surface area (Å²) in [4.78, 5) is 22.9. The molecule has 0 saturated carbocycles. The number of amides is 1. The first-order valence-electron chi connectivity index (χ1n) is 9.08. The average molecular weight is 413 g/mol. The third-order valence-corrected chi connectivity index (χ3v) is 4.98. The molecule has 1 aliphatic rings. The summed E-state index contributed by atoms with van der Waals surface area (Å²) >= 11 is 5.78. The quantitative estimate of drug-likeness (QED) is 0.445. The van der Waals surface area contributed by atoms with Gasteiger partial charge in [-0.05, 0) is 66.8 Å². The first-order valence-corrected chi connectivity index (χ1v) is 9.46. The molecule has 7 nitrogen and oxygen atoms in total. The Bertz CT molecular complexity index is 1090. The highest BCUT2D eigenvalue weighted by Crippen LogP contribution is 2.29. The van der Waals surface area contributed by atoms with Crippen molar-refractivity contribution in [1.29, 1.82) is 0 Å². The number of anilines is 1. The van der Waals surface area contributed by atoms with Crippen molar-refractivity contribution in [3.63, 3.8) is 0 Å². The molecule has 0 bridgehead atoms. The number of aryl methyl sites for hydroxylation is 2. The van der Waals surface area contributed by atoms with Crippen LogP contribution in [0.25, 0.3) is 0 Å². The first kappa shape index (κ1) is 19.0. The number of fused-ring (bicyclic) bond motifs is 1. The Morgan fingerprint density at radius 1 is 1.14 bits per heavy atom. The van der Waals surface area contributed by atoms with Gasteiger partial charge in [-0.3, -0.25) is 14.9 Å².